The van der Waals surface area contributed by atoms with Gasteiger partial charge < -0.3 is 19.0 Å². The Morgan fingerprint density at radius 3 is 2.90 bits per heavy atom. The molecule has 1 aliphatic rings. The second-order valence-electron chi connectivity index (χ2n) is 7.30. The predicted molar refractivity (Wildman–Crippen MR) is 106 cm³/mol. The summed E-state index contributed by atoms with van der Waals surface area (Å²) in [6.07, 6.45) is 0.621. The SMILES string of the molecule is COCc1ccc(C(=O)NCc2nnc3n2CCN(Cc2cccc(F)c2F)CC3)o1. The molecule has 0 fully saturated rings. The summed E-state index contributed by atoms with van der Waals surface area (Å²) in [6.45, 7) is 2.67. The van der Waals surface area contributed by atoms with Crippen molar-refractivity contribution < 1.29 is 22.7 Å². The minimum Gasteiger partial charge on any atom is -0.453 e. The van der Waals surface area contributed by atoms with Crippen molar-refractivity contribution in [2.75, 3.05) is 20.2 Å². The number of nitrogens with one attached hydrogen (secondary N) is 1. The van der Waals surface area contributed by atoms with Gasteiger partial charge in [0, 0.05) is 45.3 Å². The Morgan fingerprint density at radius 1 is 1.19 bits per heavy atom. The van der Waals surface area contributed by atoms with Gasteiger partial charge in [0.2, 0.25) is 0 Å². The molecule has 31 heavy (non-hydrogen) atoms. The highest BCUT2D eigenvalue weighted by Crippen LogP contribution is 2.17. The third kappa shape index (κ3) is 4.80. The van der Waals surface area contributed by atoms with Crippen molar-refractivity contribution in [1.82, 2.24) is 25.0 Å². The first-order chi connectivity index (χ1) is 15.0. The lowest BCUT2D eigenvalue weighted by Gasteiger charge is -2.20. The first kappa shape index (κ1) is 21.1. The van der Waals surface area contributed by atoms with Crippen molar-refractivity contribution in [1.29, 1.82) is 0 Å². The molecule has 0 bridgehead atoms. The minimum atomic E-state index is -0.839. The van der Waals surface area contributed by atoms with Crippen molar-refractivity contribution >= 4 is 5.91 Å². The molecule has 10 heteroatoms. The molecular formula is C21H23F2N5O3. The van der Waals surface area contributed by atoms with E-state index in [-0.39, 0.29) is 18.2 Å². The molecule has 2 aromatic heterocycles. The van der Waals surface area contributed by atoms with Gasteiger partial charge in [-0.25, -0.2) is 8.78 Å². The van der Waals surface area contributed by atoms with Gasteiger partial charge in [0.25, 0.3) is 5.91 Å². The van der Waals surface area contributed by atoms with Crippen molar-refractivity contribution in [2.45, 2.75) is 32.7 Å². The first-order valence-electron chi connectivity index (χ1n) is 9.97. The van der Waals surface area contributed by atoms with Crippen LogP contribution in [-0.2, 0) is 37.4 Å². The highest BCUT2D eigenvalue weighted by molar-refractivity contribution is 5.91. The molecule has 4 rings (SSSR count). The van der Waals surface area contributed by atoms with Gasteiger partial charge in [-0.3, -0.25) is 9.69 Å². The number of hydrogen-bond donors (Lipinski definition) is 1. The van der Waals surface area contributed by atoms with E-state index in [1.807, 2.05) is 4.57 Å². The lowest BCUT2D eigenvalue weighted by molar-refractivity contribution is 0.0913. The molecule has 8 nitrogen and oxygen atoms in total. The van der Waals surface area contributed by atoms with E-state index in [0.717, 1.165) is 11.9 Å². The number of halogens is 2. The van der Waals surface area contributed by atoms with E-state index in [0.29, 0.717) is 56.4 Å². The Bertz CT molecular complexity index is 1070. The summed E-state index contributed by atoms with van der Waals surface area (Å²) in [4.78, 5) is 14.4. The summed E-state index contributed by atoms with van der Waals surface area (Å²) in [5.74, 6) is 0.202. The molecule has 0 aliphatic carbocycles. The number of aromatic nitrogens is 3. The molecule has 1 aromatic carbocycles. The molecule has 0 unspecified atom stereocenters. The standard InChI is InChI=1S/C21H23F2N5O3/c1-30-13-15-5-6-17(31-15)21(29)24-11-19-26-25-18-7-8-27(9-10-28(18)19)12-14-3-2-4-16(22)20(14)23/h2-6H,7-13H2,1H3,(H,24,29). The van der Waals surface area contributed by atoms with Gasteiger partial charge in [-0.15, -0.1) is 10.2 Å². The fourth-order valence-corrected chi connectivity index (χ4v) is 3.59. The molecular weight excluding hydrogens is 408 g/mol. The van der Waals surface area contributed by atoms with Crippen molar-refractivity contribution in [3.05, 3.63) is 70.7 Å². The number of carbonyl (C=O) groups is 1. The van der Waals surface area contributed by atoms with Gasteiger partial charge in [0.15, 0.2) is 23.2 Å². The molecule has 0 atom stereocenters. The number of furan rings is 1. The Morgan fingerprint density at radius 2 is 2.06 bits per heavy atom. The summed E-state index contributed by atoms with van der Waals surface area (Å²) in [7, 11) is 1.55. The zero-order chi connectivity index (χ0) is 21.8. The molecule has 3 heterocycles. The smallest absolute Gasteiger partial charge is 0.287 e. The summed E-state index contributed by atoms with van der Waals surface area (Å²) >= 11 is 0. The predicted octanol–water partition coefficient (Wildman–Crippen LogP) is 2.28. The van der Waals surface area contributed by atoms with E-state index in [4.69, 9.17) is 9.15 Å². The van der Waals surface area contributed by atoms with Crippen LogP contribution >= 0.6 is 0 Å². The van der Waals surface area contributed by atoms with E-state index in [1.165, 1.54) is 6.07 Å². The minimum absolute atomic E-state index is 0.199. The van der Waals surface area contributed by atoms with Crippen LogP contribution in [-0.4, -0.2) is 45.8 Å². The van der Waals surface area contributed by atoms with Gasteiger partial charge in [-0.1, -0.05) is 12.1 Å². The lowest BCUT2D eigenvalue weighted by Crippen LogP contribution is -2.28. The summed E-state index contributed by atoms with van der Waals surface area (Å²) in [5, 5.41) is 11.2. The lowest BCUT2D eigenvalue weighted by atomic mass is 10.2. The van der Waals surface area contributed by atoms with Crippen LogP contribution in [0, 0.1) is 11.6 Å². The highest BCUT2D eigenvalue weighted by atomic mass is 19.2. The Labute approximate surface area is 177 Å². The number of amides is 1. The Kier molecular flexibility index (Phi) is 6.38. The average Bonchev–Trinajstić information content (AvgIpc) is 3.33. The van der Waals surface area contributed by atoms with Crippen LogP contribution in [0.2, 0.25) is 0 Å². The summed E-state index contributed by atoms with van der Waals surface area (Å²) < 4.78 is 39.9. The second-order valence-corrected chi connectivity index (χ2v) is 7.30. The van der Waals surface area contributed by atoms with Crippen LogP contribution in [0.1, 0.15) is 33.5 Å². The van der Waals surface area contributed by atoms with E-state index in [1.54, 1.807) is 25.3 Å². The third-order valence-corrected chi connectivity index (χ3v) is 5.20. The summed E-state index contributed by atoms with van der Waals surface area (Å²) in [5.41, 5.74) is 0.330. The zero-order valence-electron chi connectivity index (χ0n) is 17.1. The van der Waals surface area contributed by atoms with Crippen LogP contribution in [0.5, 0.6) is 0 Å². The number of carbonyl (C=O) groups excluding carboxylic acids is 1. The van der Waals surface area contributed by atoms with E-state index in [2.05, 4.69) is 20.4 Å². The maximum atomic E-state index is 14.0. The number of benzene rings is 1. The zero-order valence-corrected chi connectivity index (χ0v) is 17.1. The maximum absolute atomic E-state index is 14.0. The number of nitrogens with zero attached hydrogens (tertiary/aromatic N) is 4. The Balaban J connectivity index is 1.36. The normalized spacial score (nSPS) is 14.3. The van der Waals surface area contributed by atoms with Crippen LogP contribution in [0.3, 0.4) is 0 Å². The van der Waals surface area contributed by atoms with E-state index in [9.17, 15) is 13.6 Å². The third-order valence-electron chi connectivity index (χ3n) is 5.20. The van der Waals surface area contributed by atoms with Crippen LogP contribution in [0.4, 0.5) is 8.78 Å². The van der Waals surface area contributed by atoms with E-state index >= 15 is 0 Å². The molecule has 0 saturated carbocycles. The van der Waals surface area contributed by atoms with E-state index < -0.39 is 11.6 Å². The van der Waals surface area contributed by atoms with Crippen LogP contribution < -0.4 is 5.32 Å². The monoisotopic (exact) mass is 431 g/mol. The van der Waals surface area contributed by atoms with Gasteiger partial charge in [0.1, 0.15) is 18.2 Å². The van der Waals surface area contributed by atoms with Crippen LogP contribution in [0.25, 0.3) is 0 Å². The second kappa shape index (κ2) is 9.36. The number of ether oxygens (including phenoxy) is 1. The van der Waals surface area contributed by atoms with Crippen molar-refractivity contribution in [3.8, 4) is 0 Å². The largest absolute Gasteiger partial charge is 0.453 e. The Hall–Kier alpha value is -3.11. The number of hydrogen-bond acceptors (Lipinski definition) is 6. The van der Waals surface area contributed by atoms with Gasteiger partial charge in [-0.2, -0.15) is 0 Å². The molecule has 1 amide bonds. The van der Waals surface area contributed by atoms with Gasteiger partial charge in [-0.05, 0) is 18.2 Å². The number of fused-ring (bicyclic) bond motifs is 1. The first-order valence-corrected chi connectivity index (χ1v) is 9.97. The molecule has 0 radical (unpaired) electrons. The molecule has 0 spiro atoms. The molecule has 0 saturated heterocycles. The molecule has 1 aliphatic heterocycles. The average molecular weight is 431 g/mol. The topological polar surface area (TPSA) is 85.4 Å². The van der Waals surface area contributed by atoms with Crippen molar-refractivity contribution in [3.63, 3.8) is 0 Å². The van der Waals surface area contributed by atoms with Gasteiger partial charge >= 0.3 is 0 Å². The molecule has 3 aromatic rings. The fourth-order valence-electron chi connectivity index (χ4n) is 3.59. The van der Waals surface area contributed by atoms with Crippen LogP contribution in [0.15, 0.2) is 34.7 Å². The molecule has 1 N–H and O–H groups in total. The fraction of sp³-hybridized carbons (Fsp3) is 0.381. The number of methoxy groups -OCH3 is 1. The van der Waals surface area contributed by atoms with Gasteiger partial charge in [0.05, 0.1) is 6.54 Å². The summed E-state index contributed by atoms with van der Waals surface area (Å²) in [6, 6.07) is 7.51. The molecule has 164 valence electrons. The number of rotatable bonds is 7. The quantitative estimate of drug-likeness (QED) is 0.618. The van der Waals surface area contributed by atoms with Crippen molar-refractivity contribution in [2.24, 2.45) is 0 Å². The maximum Gasteiger partial charge on any atom is 0.287 e. The highest BCUT2D eigenvalue weighted by Gasteiger charge is 2.21.